The molecule has 27 heavy (non-hydrogen) atoms. The fourth-order valence-electron chi connectivity index (χ4n) is 2.66. The Labute approximate surface area is 152 Å². The lowest BCUT2D eigenvalue weighted by atomic mass is 10.2. The minimum atomic E-state index is -4.48. The van der Waals surface area contributed by atoms with Crippen molar-refractivity contribution >= 4 is 5.91 Å². The van der Waals surface area contributed by atoms with Crippen molar-refractivity contribution in [1.82, 2.24) is 9.88 Å². The minimum absolute atomic E-state index is 0.0222. The van der Waals surface area contributed by atoms with Crippen LogP contribution in [0.25, 0.3) is 0 Å². The fraction of sp³-hybridized carbons (Fsp3) is 0.333. The Bertz CT molecular complexity index is 813. The van der Waals surface area contributed by atoms with Gasteiger partial charge in [-0.05, 0) is 18.2 Å². The van der Waals surface area contributed by atoms with Crippen LogP contribution in [0.4, 0.5) is 17.6 Å². The van der Waals surface area contributed by atoms with E-state index in [9.17, 15) is 22.4 Å². The molecule has 9 heteroatoms. The van der Waals surface area contributed by atoms with Gasteiger partial charge in [-0.1, -0.05) is 12.1 Å². The maximum Gasteiger partial charge on any atom is 0.416 e. The van der Waals surface area contributed by atoms with Gasteiger partial charge in [0.25, 0.3) is 5.91 Å². The van der Waals surface area contributed by atoms with E-state index in [4.69, 9.17) is 9.47 Å². The van der Waals surface area contributed by atoms with Crippen molar-refractivity contribution in [2.24, 2.45) is 0 Å². The Morgan fingerprint density at radius 1 is 1.26 bits per heavy atom. The predicted octanol–water partition coefficient (Wildman–Crippen LogP) is 3.30. The monoisotopic (exact) mass is 384 g/mol. The van der Waals surface area contributed by atoms with Gasteiger partial charge in [0.15, 0.2) is 18.2 Å². The summed E-state index contributed by atoms with van der Waals surface area (Å²) in [7, 11) is 0. The largest absolute Gasteiger partial charge is 0.481 e. The van der Waals surface area contributed by atoms with Crippen LogP contribution in [0.5, 0.6) is 11.6 Å². The van der Waals surface area contributed by atoms with Gasteiger partial charge >= 0.3 is 6.18 Å². The van der Waals surface area contributed by atoms with E-state index in [-0.39, 0.29) is 30.7 Å². The first-order chi connectivity index (χ1) is 12.8. The third-order valence-electron chi connectivity index (χ3n) is 4.04. The first-order valence-corrected chi connectivity index (χ1v) is 8.18. The van der Waals surface area contributed by atoms with Crippen molar-refractivity contribution in [3.8, 4) is 11.6 Å². The number of halogens is 4. The Kier molecular flexibility index (Phi) is 5.48. The summed E-state index contributed by atoms with van der Waals surface area (Å²) < 4.78 is 62.3. The number of ether oxygens (including phenoxy) is 2. The Morgan fingerprint density at radius 3 is 2.78 bits per heavy atom. The molecule has 2 aromatic rings. The van der Waals surface area contributed by atoms with Gasteiger partial charge in [0.1, 0.15) is 6.10 Å². The quantitative estimate of drug-likeness (QED) is 0.743. The van der Waals surface area contributed by atoms with Gasteiger partial charge in [-0.2, -0.15) is 13.2 Å². The number of carbonyl (C=O) groups excluding carboxylic acids is 1. The number of nitrogens with zero attached hydrogens (tertiary/aromatic N) is 2. The van der Waals surface area contributed by atoms with Crippen LogP contribution in [0.3, 0.4) is 0 Å². The van der Waals surface area contributed by atoms with E-state index in [0.717, 1.165) is 18.3 Å². The van der Waals surface area contributed by atoms with Crippen LogP contribution in [0, 0.1) is 5.82 Å². The molecule has 1 saturated heterocycles. The third kappa shape index (κ3) is 4.87. The molecular weight excluding hydrogens is 368 g/mol. The molecule has 144 valence electrons. The molecule has 1 fully saturated rings. The molecule has 1 amide bonds. The summed E-state index contributed by atoms with van der Waals surface area (Å²) in [6.07, 6.45) is -3.48. The van der Waals surface area contributed by atoms with Gasteiger partial charge in [-0.25, -0.2) is 9.37 Å². The van der Waals surface area contributed by atoms with E-state index < -0.39 is 23.7 Å². The average molecular weight is 384 g/mol. The number of hydrogen-bond donors (Lipinski definition) is 0. The maximum absolute atomic E-state index is 13.5. The zero-order valence-corrected chi connectivity index (χ0v) is 14.1. The lowest BCUT2D eigenvalue weighted by Gasteiger charge is -2.17. The van der Waals surface area contributed by atoms with Crippen molar-refractivity contribution in [2.45, 2.75) is 18.7 Å². The van der Waals surface area contributed by atoms with E-state index in [1.54, 1.807) is 6.07 Å². The molecule has 3 rings (SSSR count). The Morgan fingerprint density at radius 2 is 2.04 bits per heavy atom. The number of pyridine rings is 1. The number of amides is 1. The van der Waals surface area contributed by atoms with Crippen LogP contribution in [-0.2, 0) is 11.0 Å². The summed E-state index contributed by atoms with van der Waals surface area (Å²) in [5.74, 6) is -1.09. The highest BCUT2D eigenvalue weighted by atomic mass is 19.4. The summed E-state index contributed by atoms with van der Waals surface area (Å²) in [6.45, 7) is 0.218. The van der Waals surface area contributed by atoms with E-state index in [0.29, 0.717) is 13.0 Å². The van der Waals surface area contributed by atoms with Crippen molar-refractivity contribution < 1.29 is 31.8 Å². The molecule has 1 aliphatic heterocycles. The van der Waals surface area contributed by atoms with Crippen molar-refractivity contribution in [2.75, 3.05) is 19.7 Å². The Balaban J connectivity index is 1.53. The molecule has 5 nitrogen and oxygen atoms in total. The van der Waals surface area contributed by atoms with Gasteiger partial charge in [-0.15, -0.1) is 0 Å². The van der Waals surface area contributed by atoms with Crippen LogP contribution in [0.15, 0.2) is 42.6 Å². The van der Waals surface area contributed by atoms with Crippen molar-refractivity contribution in [3.63, 3.8) is 0 Å². The molecule has 1 aromatic carbocycles. The van der Waals surface area contributed by atoms with Gasteiger partial charge in [0.05, 0.1) is 12.1 Å². The Hall–Kier alpha value is -2.84. The van der Waals surface area contributed by atoms with Crippen LogP contribution in [0.2, 0.25) is 0 Å². The van der Waals surface area contributed by atoms with Gasteiger partial charge in [0.2, 0.25) is 5.88 Å². The highest BCUT2D eigenvalue weighted by molar-refractivity contribution is 5.78. The maximum atomic E-state index is 13.5. The van der Waals surface area contributed by atoms with Crippen molar-refractivity contribution in [1.29, 1.82) is 0 Å². The molecule has 1 aliphatic rings. The number of rotatable bonds is 5. The summed E-state index contributed by atoms with van der Waals surface area (Å²) >= 11 is 0. The minimum Gasteiger partial charge on any atom is -0.481 e. The SMILES string of the molecule is O=C(COc1ccccc1F)N1CCC(Oc2cc(C(F)(F)F)ccn2)C1. The van der Waals surface area contributed by atoms with E-state index in [1.807, 2.05) is 0 Å². The summed E-state index contributed by atoms with van der Waals surface area (Å²) in [5.41, 5.74) is -0.850. The zero-order chi connectivity index (χ0) is 19.4. The second-order valence-electron chi connectivity index (χ2n) is 5.97. The molecule has 1 atom stereocenters. The number of carbonyl (C=O) groups is 1. The standard InChI is InChI=1S/C18H16F4N2O3/c19-14-3-1-2-4-15(14)26-11-17(25)24-8-6-13(10-24)27-16-9-12(5-7-23-16)18(20,21)22/h1-5,7,9,13H,6,8,10-11H2. The molecule has 0 radical (unpaired) electrons. The molecule has 1 unspecified atom stereocenters. The first-order valence-electron chi connectivity index (χ1n) is 8.18. The van der Waals surface area contributed by atoms with Gasteiger partial charge < -0.3 is 14.4 Å². The molecule has 0 aliphatic carbocycles. The topological polar surface area (TPSA) is 51.7 Å². The van der Waals surface area contributed by atoms with E-state index >= 15 is 0 Å². The molecule has 1 aromatic heterocycles. The fourth-order valence-corrected chi connectivity index (χ4v) is 2.66. The van der Waals surface area contributed by atoms with Crippen LogP contribution >= 0.6 is 0 Å². The summed E-state index contributed by atoms with van der Waals surface area (Å²) in [4.78, 5) is 17.4. The number of benzene rings is 1. The summed E-state index contributed by atoms with van der Waals surface area (Å²) in [5, 5.41) is 0. The van der Waals surface area contributed by atoms with Crippen LogP contribution in [0.1, 0.15) is 12.0 Å². The number of hydrogen-bond acceptors (Lipinski definition) is 4. The highest BCUT2D eigenvalue weighted by Crippen LogP contribution is 2.31. The second-order valence-corrected chi connectivity index (χ2v) is 5.97. The van der Waals surface area contributed by atoms with Crippen molar-refractivity contribution in [3.05, 3.63) is 54.0 Å². The lowest BCUT2D eigenvalue weighted by molar-refractivity contribution is -0.137. The zero-order valence-electron chi connectivity index (χ0n) is 14.1. The molecule has 0 spiro atoms. The van der Waals surface area contributed by atoms with Gasteiger partial charge in [0, 0.05) is 25.2 Å². The van der Waals surface area contributed by atoms with Crippen LogP contribution < -0.4 is 9.47 Å². The molecule has 0 N–H and O–H groups in total. The highest BCUT2D eigenvalue weighted by Gasteiger charge is 2.32. The van der Waals surface area contributed by atoms with Gasteiger partial charge in [-0.3, -0.25) is 4.79 Å². The normalized spacial score (nSPS) is 17.0. The average Bonchev–Trinajstić information content (AvgIpc) is 3.09. The lowest BCUT2D eigenvalue weighted by Crippen LogP contribution is -2.34. The van der Waals surface area contributed by atoms with E-state index in [1.165, 1.54) is 23.1 Å². The molecular formula is C18H16F4N2O3. The number of aromatic nitrogens is 1. The molecule has 2 heterocycles. The number of para-hydroxylation sites is 1. The second kappa shape index (κ2) is 7.81. The molecule has 0 bridgehead atoms. The first kappa shape index (κ1) is 18.9. The third-order valence-corrected chi connectivity index (χ3v) is 4.04. The van der Waals surface area contributed by atoms with E-state index in [2.05, 4.69) is 4.98 Å². The van der Waals surface area contributed by atoms with Crippen LogP contribution in [-0.4, -0.2) is 41.6 Å². The number of likely N-dealkylation sites (tertiary alicyclic amines) is 1. The smallest absolute Gasteiger partial charge is 0.416 e. The predicted molar refractivity (Wildman–Crippen MR) is 86.7 cm³/mol. The molecule has 0 saturated carbocycles. The summed E-state index contributed by atoms with van der Waals surface area (Å²) in [6, 6.07) is 7.42. The number of alkyl halides is 3.